The Morgan fingerprint density at radius 2 is 1.82 bits per heavy atom. The number of ether oxygens (including phenoxy) is 1. The van der Waals surface area contributed by atoms with Gasteiger partial charge in [0.2, 0.25) is 11.9 Å². The molecule has 1 amide bonds. The van der Waals surface area contributed by atoms with Gasteiger partial charge < -0.3 is 20.3 Å². The molecule has 2 saturated heterocycles. The van der Waals surface area contributed by atoms with E-state index in [-0.39, 0.29) is 12.1 Å². The van der Waals surface area contributed by atoms with E-state index in [2.05, 4.69) is 48.9 Å². The lowest BCUT2D eigenvalue weighted by Crippen LogP contribution is -2.44. The molecule has 2 N–H and O–H groups in total. The van der Waals surface area contributed by atoms with Crippen LogP contribution in [0.2, 0.25) is 0 Å². The summed E-state index contributed by atoms with van der Waals surface area (Å²) in [6.45, 7) is 4.71. The molecule has 0 aliphatic carbocycles. The third-order valence-electron chi connectivity index (χ3n) is 7.09. The predicted octanol–water partition coefficient (Wildman–Crippen LogP) is 2.74. The molecular formula is C26H38N6O2. The van der Waals surface area contributed by atoms with Gasteiger partial charge in [0, 0.05) is 70.3 Å². The first-order valence-electron chi connectivity index (χ1n) is 12.5. The second-order valence-electron chi connectivity index (χ2n) is 9.46. The van der Waals surface area contributed by atoms with Gasteiger partial charge in [-0.2, -0.15) is 0 Å². The standard InChI is InChI=1S/C26H38N6O2/c1-30(24(16-27)34-2)19-20-7-6-8-22(15-20)23-17-28-26(29-18-23)32-13-9-21(10-14-32)25(33)31-11-4-3-5-12-31/h6-8,15,17-18,21,24H,3-5,9-14,16,19,27H2,1-2H3. The highest BCUT2D eigenvalue weighted by molar-refractivity contribution is 5.79. The third-order valence-corrected chi connectivity index (χ3v) is 7.09. The van der Waals surface area contributed by atoms with Gasteiger partial charge in [-0.25, -0.2) is 9.97 Å². The van der Waals surface area contributed by atoms with Crippen molar-refractivity contribution < 1.29 is 9.53 Å². The normalized spacial score (nSPS) is 18.4. The van der Waals surface area contributed by atoms with Gasteiger partial charge in [0.1, 0.15) is 6.23 Å². The number of likely N-dealkylation sites (tertiary alicyclic amines) is 1. The van der Waals surface area contributed by atoms with Crippen molar-refractivity contribution in [2.75, 3.05) is 51.8 Å². The average Bonchev–Trinajstić information content (AvgIpc) is 2.90. The van der Waals surface area contributed by atoms with Crippen LogP contribution >= 0.6 is 0 Å². The SMILES string of the molecule is COC(CN)N(C)Cc1cccc(-c2cnc(N3CCC(C(=O)N4CCCCC4)CC3)nc2)c1. The van der Waals surface area contributed by atoms with E-state index in [1.165, 1.54) is 12.0 Å². The van der Waals surface area contributed by atoms with E-state index in [4.69, 9.17) is 10.5 Å². The molecule has 2 aliphatic heterocycles. The van der Waals surface area contributed by atoms with Crippen LogP contribution in [0.1, 0.15) is 37.7 Å². The number of amides is 1. The van der Waals surface area contributed by atoms with Crippen LogP contribution in [0.15, 0.2) is 36.7 Å². The summed E-state index contributed by atoms with van der Waals surface area (Å²) < 4.78 is 5.42. The summed E-state index contributed by atoms with van der Waals surface area (Å²) in [6.07, 6.45) is 8.98. The largest absolute Gasteiger partial charge is 0.365 e. The number of nitrogens with zero attached hydrogens (tertiary/aromatic N) is 5. The highest BCUT2D eigenvalue weighted by atomic mass is 16.5. The summed E-state index contributed by atoms with van der Waals surface area (Å²) in [5.41, 5.74) is 9.04. The van der Waals surface area contributed by atoms with Crippen LogP contribution in [-0.4, -0.2) is 78.8 Å². The minimum atomic E-state index is -0.106. The maximum atomic E-state index is 12.8. The molecule has 0 bridgehead atoms. The Morgan fingerprint density at radius 1 is 1.12 bits per heavy atom. The Hall–Kier alpha value is -2.55. The number of nitrogens with two attached hydrogens (primary N) is 1. The fraction of sp³-hybridized carbons (Fsp3) is 0.577. The summed E-state index contributed by atoms with van der Waals surface area (Å²) >= 11 is 0. The molecule has 1 aromatic heterocycles. The molecule has 3 heterocycles. The van der Waals surface area contributed by atoms with Crippen LogP contribution < -0.4 is 10.6 Å². The lowest BCUT2D eigenvalue weighted by atomic mass is 9.94. The lowest BCUT2D eigenvalue weighted by molar-refractivity contribution is -0.137. The van der Waals surface area contributed by atoms with Crippen LogP contribution in [0.3, 0.4) is 0 Å². The number of benzene rings is 1. The van der Waals surface area contributed by atoms with Gasteiger partial charge in [-0.15, -0.1) is 0 Å². The number of piperidine rings is 2. The van der Waals surface area contributed by atoms with Gasteiger partial charge in [-0.1, -0.05) is 18.2 Å². The number of anilines is 1. The minimum Gasteiger partial charge on any atom is -0.365 e. The summed E-state index contributed by atoms with van der Waals surface area (Å²) in [5, 5.41) is 0. The molecule has 0 saturated carbocycles. The quantitative estimate of drug-likeness (QED) is 0.599. The molecule has 2 aromatic rings. The van der Waals surface area contributed by atoms with E-state index >= 15 is 0 Å². The summed E-state index contributed by atoms with van der Waals surface area (Å²) in [6, 6.07) is 8.40. The zero-order chi connectivity index (χ0) is 23.9. The third kappa shape index (κ3) is 5.92. The van der Waals surface area contributed by atoms with Crippen molar-refractivity contribution in [3.63, 3.8) is 0 Å². The molecule has 4 rings (SSSR count). The number of hydrogen-bond donors (Lipinski definition) is 1. The zero-order valence-electron chi connectivity index (χ0n) is 20.5. The highest BCUT2D eigenvalue weighted by Gasteiger charge is 2.30. The number of carbonyl (C=O) groups excluding carboxylic acids is 1. The van der Waals surface area contributed by atoms with Crippen molar-refractivity contribution in [2.45, 2.75) is 44.9 Å². The number of likely N-dealkylation sites (N-methyl/N-ethyl adjacent to an activating group) is 1. The molecule has 1 aromatic carbocycles. The Morgan fingerprint density at radius 3 is 2.47 bits per heavy atom. The fourth-order valence-corrected chi connectivity index (χ4v) is 5.03. The summed E-state index contributed by atoms with van der Waals surface area (Å²) in [7, 11) is 3.69. The molecule has 2 aliphatic rings. The average molecular weight is 467 g/mol. The van der Waals surface area contributed by atoms with Gasteiger partial charge in [0.15, 0.2) is 0 Å². The molecule has 8 nitrogen and oxygen atoms in total. The van der Waals surface area contributed by atoms with E-state index in [1.54, 1.807) is 7.11 Å². The second kappa shape index (κ2) is 11.7. The first kappa shape index (κ1) is 24.6. The lowest BCUT2D eigenvalue weighted by Gasteiger charge is -2.35. The monoisotopic (exact) mass is 466 g/mol. The van der Waals surface area contributed by atoms with E-state index in [1.807, 2.05) is 19.4 Å². The smallest absolute Gasteiger partial charge is 0.225 e. The molecule has 1 atom stereocenters. The maximum absolute atomic E-state index is 12.8. The molecular weight excluding hydrogens is 428 g/mol. The van der Waals surface area contributed by atoms with Crippen molar-refractivity contribution >= 4 is 11.9 Å². The Balaban J connectivity index is 1.34. The second-order valence-corrected chi connectivity index (χ2v) is 9.46. The molecule has 8 heteroatoms. The van der Waals surface area contributed by atoms with E-state index < -0.39 is 0 Å². The number of carbonyl (C=O) groups is 1. The van der Waals surface area contributed by atoms with E-state index in [9.17, 15) is 4.79 Å². The van der Waals surface area contributed by atoms with Crippen molar-refractivity contribution in [2.24, 2.45) is 11.7 Å². The van der Waals surface area contributed by atoms with Crippen LogP contribution in [0, 0.1) is 5.92 Å². The van der Waals surface area contributed by atoms with Crippen LogP contribution in [0.5, 0.6) is 0 Å². The number of aromatic nitrogens is 2. The van der Waals surface area contributed by atoms with Crippen molar-refractivity contribution in [1.82, 2.24) is 19.8 Å². The van der Waals surface area contributed by atoms with Crippen molar-refractivity contribution in [3.8, 4) is 11.1 Å². The minimum absolute atomic E-state index is 0.106. The van der Waals surface area contributed by atoms with Gasteiger partial charge in [-0.3, -0.25) is 9.69 Å². The highest BCUT2D eigenvalue weighted by Crippen LogP contribution is 2.25. The molecule has 0 spiro atoms. The van der Waals surface area contributed by atoms with Crippen LogP contribution in [0.4, 0.5) is 5.95 Å². The zero-order valence-corrected chi connectivity index (χ0v) is 20.5. The van der Waals surface area contributed by atoms with Crippen LogP contribution in [-0.2, 0) is 16.1 Å². The Bertz CT molecular complexity index is 919. The molecule has 0 radical (unpaired) electrons. The predicted molar refractivity (Wildman–Crippen MR) is 134 cm³/mol. The summed E-state index contributed by atoms with van der Waals surface area (Å²) in [4.78, 5) is 28.5. The topological polar surface area (TPSA) is 87.8 Å². The Labute approximate surface area is 203 Å². The fourth-order valence-electron chi connectivity index (χ4n) is 5.03. The first-order valence-corrected chi connectivity index (χ1v) is 12.5. The number of methoxy groups -OCH3 is 1. The van der Waals surface area contributed by atoms with Gasteiger partial charge >= 0.3 is 0 Å². The van der Waals surface area contributed by atoms with Crippen molar-refractivity contribution in [1.29, 1.82) is 0 Å². The van der Waals surface area contributed by atoms with Crippen LogP contribution in [0.25, 0.3) is 11.1 Å². The van der Waals surface area contributed by atoms with Gasteiger partial charge in [-0.05, 0) is 56.3 Å². The molecule has 34 heavy (non-hydrogen) atoms. The summed E-state index contributed by atoms with van der Waals surface area (Å²) in [5.74, 6) is 1.24. The maximum Gasteiger partial charge on any atom is 0.225 e. The molecule has 184 valence electrons. The molecule has 1 unspecified atom stereocenters. The van der Waals surface area contributed by atoms with Gasteiger partial charge in [0.25, 0.3) is 0 Å². The first-order chi connectivity index (χ1) is 16.6. The molecule has 2 fully saturated rings. The van der Waals surface area contributed by atoms with E-state index in [0.29, 0.717) is 12.5 Å². The van der Waals surface area contributed by atoms with Crippen molar-refractivity contribution in [3.05, 3.63) is 42.2 Å². The number of hydrogen-bond acceptors (Lipinski definition) is 7. The van der Waals surface area contributed by atoms with Gasteiger partial charge in [0.05, 0.1) is 0 Å². The van der Waals surface area contributed by atoms with E-state index in [0.717, 1.165) is 75.5 Å². The Kier molecular flexibility index (Phi) is 8.48. The number of rotatable bonds is 8.